The molecule has 20 heavy (non-hydrogen) atoms. The van der Waals surface area contributed by atoms with E-state index in [4.69, 9.17) is 0 Å². The van der Waals surface area contributed by atoms with Crippen LogP contribution in [0, 0.1) is 0 Å². The first-order valence-corrected chi connectivity index (χ1v) is 8.08. The van der Waals surface area contributed by atoms with Crippen LogP contribution in [-0.2, 0) is 14.8 Å². The van der Waals surface area contributed by atoms with Gasteiger partial charge in [0.05, 0.1) is 4.90 Å². The lowest BCUT2D eigenvalue weighted by molar-refractivity contribution is -0.120. The van der Waals surface area contributed by atoms with Crippen molar-refractivity contribution in [1.82, 2.24) is 10.0 Å². The van der Waals surface area contributed by atoms with E-state index in [0.29, 0.717) is 6.54 Å². The number of carbonyl (C=O) groups excluding carboxylic acids is 1. The van der Waals surface area contributed by atoms with Crippen LogP contribution in [0.3, 0.4) is 0 Å². The molecule has 0 bridgehead atoms. The van der Waals surface area contributed by atoms with Gasteiger partial charge in [-0.1, -0.05) is 0 Å². The molecular weight excluding hydrogens is 278 g/mol. The van der Waals surface area contributed by atoms with Gasteiger partial charge in [-0.05, 0) is 38.1 Å². The normalized spacial score (nSPS) is 11.1. The maximum atomic E-state index is 12.0. The van der Waals surface area contributed by atoms with Gasteiger partial charge < -0.3 is 10.6 Å². The van der Waals surface area contributed by atoms with E-state index in [1.807, 2.05) is 13.8 Å². The highest BCUT2D eigenvalue weighted by Crippen LogP contribution is 2.13. The van der Waals surface area contributed by atoms with Crippen molar-refractivity contribution in [3.63, 3.8) is 0 Å². The van der Waals surface area contributed by atoms with Crippen molar-refractivity contribution in [2.75, 3.05) is 25.0 Å². The van der Waals surface area contributed by atoms with Crippen LogP contribution in [0.2, 0.25) is 0 Å². The molecule has 0 spiro atoms. The summed E-state index contributed by atoms with van der Waals surface area (Å²) in [6.07, 6.45) is 0.128. The van der Waals surface area contributed by atoms with Crippen LogP contribution in [-0.4, -0.2) is 34.0 Å². The average molecular weight is 299 g/mol. The largest absolute Gasteiger partial charge is 0.385 e. The van der Waals surface area contributed by atoms with Gasteiger partial charge in [-0.15, -0.1) is 0 Å². The fourth-order valence-corrected chi connectivity index (χ4v) is 2.66. The molecule has 0 aliphatic heterocycles. The van der Waals surface area contributed by atoms with Crippen molar-refractivity contribution in [2.45, 2.75) is 25.2 Å². The molecule has 6 nitrogen and oxygen atoms in total. The number of rotatable bonds is 8. The SMILES string of the molecule is CCNC(=O)CCNS(=O)(=O)c1ccc(NCC)cc1. The Morgan fingerprint density at radius 3 is 2.30 bits per heavy atom. The predicted octanol–water partition coefficient (Wildman–Crippen LogP) is 0.923. The fraction of sp³-hybridized carbons (Fsp3) is 0.462. The monoisotopic (exact) mass is 299 g/mol. The number of nitrogens with one attached hydrogen (secondary N) is 3. The van der Waals surface area contributed by atoms with Crippen LogP contribution in [0.5, 0.6) is 0 Å². The third-order valence-corrected chi connectivity index (χ3v) is 4.04. The Balaban J connectivity index is 2.57. The van der Waals surface area contributed by atoms with Crippen LogP contribution < -0.4 is 15.4 Å². The van der Waals surface area contributed by atoms with E-state index in [-0.39, 0.29) is 23.8 Å². The van der Waals surface area contributed by atoms with Gasteiger partial charge in [0, 0.05) is 31.7 Å². The van der Waals surface area contributed by atoms with Crippen LogP contribution >= 0.6 is 0 Å². The second kappa shape index (κ2) is 7.86. The van der Waals surface area contributed by atoms with Crippen molar-refractivity contribution in [3.05, 3.63) is 24.3 Å². The Morgan fingerprint density at radius 2 is 1.75 bits per heavy atom. The number of amides is 1. The summed E-state index contributed by atoms with van der Waals surface area (Å²) in [5.41, 5.74) is 0.869. The van der Waals surface area contributed by atoms with Crippen LogP contribution in [0.4, 0.5) is 5.69 Å². The Hall–Kier alpha value is -1.60. The molecule has 0 atom stereocenters. The molecule has 0 saturated heterocycles. The van der Waals surface area contributed by atoms with E-state index in [1.165, 1.54) is 12.1 Å². The molecule has 3 N–H and O–H groups in total. The summed E-state index contributed by atoms with van der Waals surface area (Å²) in [4.78, 5) is 11.4. The number of hydrogen-bond donors (Lipinski definition) is 3. The molecule has 0 unspecified atom stereocenters. The van der Waals surface area contributed by atoms with Crippen molar-refractivity contribution >= 4 is 21.6 Å². The van der Waals surface area contributed by atoms with Gasteiger partial charge in [0.1, 0.15) is 0 Å². The molecule has 0 radical (unpaired) electrons. The lowest BCUT2D eigenvalue weighted by Crippen LogP contribution is -2.30. The van der Waals surface area contributed by atoms with Gasteiger partial charge in [0.25, 0.3) is 0 Å². The zero-order valence-electron chi connectivity index (χ0n) is 11.8. The van der Waals surface area contributed by atoms with Gasteiger partial charge in [0.15, 0.2) is 0 Å². The molecule has 7 heteroatoms. The van der Waals surface area contributed by atoms with Gasteiger partial charge >= 0.3 is 0 Å². The van der Waals surface area contributed by atoms with Crippen LogP contribution in [0.15, 0.2) is 29.2 Å². The summed E-state index contributed by atoms with van der Waals surface area (Å²) in [6, 6.07) is 6.49. The number of benzene rings is 1. The van der Waals surface area contributed by atoms with E-state index in [2.05, 4.69) is 15.4 Å². The quantitative estimate of drug-likeness (QED) is 0.666. The standard InChI is InChI=1S/C13H21N3O3S/c1-3-14-11-5-7-12(8-6-11)20(18,19)16-10-9-13(17)15-4-2/h5-8,14,16H,3-4,9-10H2,1-2H3,(H,15,17). The third kappa shape index (κ3) is 5.18. The molecule has 0 heterocycles. The molecular formula is C13H21N3O3S. The lowest BCUT2D eigenvalue weighted by atomic mass is 10.3. The Bertz CT molecular complexity index is 526. The van der Waals surface area contributed by atoms with E-state index < -0.39 is 10.0 Å². The first-order valence-electron chi connectivity index (χ1n) is 6.60. The highest BCUT2D eigenvalue weighted by molar-refractivity contribution is 7.89. The summed E-state index contributed by atoms with van der Waals surface area (Å²) in [7, 11) is -3.56. The molecule has 1 amide bonds. The Labute approximate surface area is 120 Å². The molecule has 0 saturated carbocycles. The van der Waals surface area contributed by atoms with Crippen LogP contribution in [0.1, 0.15) is 20.3 Å². The second-order valence-corrected chi connectivity index (χ2v) is 5.92. The third-order valence-electron chi connectivity index (χ3n) is 2.56. The first-order chi connectivity index (χ1) is 9.49. The van der Waals surface area contributed by atoms with Crippen molar-refractivity contribution in [1.29, 1.82) is 0 Å². The zero-order chi connectivity index (χ0) is 15.0. The van der Waals surface area contributed by atoms with Gasteiger partial charge in [-0.3, -0.25) is 4.79 Å². The number of anilines is 1. The second-order valence-electron chi connectivity index (χ2n) is 4.16. The Kier molecular flexibility index (Phi) is 6.47. The predicted molar refractivity (Wildman–Crippen MR) is 79.1 cm³/mol. The summed E-state index contributed by atoms with van der Waals surface area (Å²) in [6.45, 7) is 5.18. The van der Waals surface area contributed by atoms with E-state index >= 15 is 0 Å². The fourth-order valence-electron chi connectivity index (χ4n) is 1.62. The van der Waals surface area contributed by atoms with E-state index in [9.17, 15) is 13.2 Å². The smallest absolute Gasteiger partial charge is 0.240 e. The molecule has 0 fully saturated rings. The van der Waals surface area contributed by atoms with Crippen molar-refractivity contribution in [2.24, 2.45) is 0 Å². The minimum absolute atomic E-state index is 0.0864. The van der Waals surface area contributed by atoms with Crippen molar-refractivity contribution in [3.8, 4) is 0 Å². The van der Waals surface area contributed by atoms with E-state index in [1.54, 1.807) is 12.1 Å². The van der Waals surface area contributed by atoms with Gasteiger partial charge in [0.2, 0.25) is 15.9 Å². The van der Waals surface area contributed by atoms with Gasteiger partial charge in [-0.2, -0.15) is 0 Å². The number of hydrogen-bond acceptors (Lipinski definition) is 4. The maximum Gasteiger partial charge on any atom is 0.240 e. The Morgan fingerprint density at radius 1 is 1.10 bits per heavy atom. The molecule has 0 aromatic heterocycles. The van der Waals surface area contributed by atoms with Gasteiger partial charge in [-0.25, -0.2) is 13.1 Å². The molecule has 112 valence electrons. The van der Waals surface area contributed by atoms with Crippen LogP contribution in [0.25, 0.3) is 0 Å². The highest BCUT2D eigenvalue weighted by Gasteiger charge is 2.13. The van der Waals surface area contributed by atoms with Crippen molar-refractivity contribution < 1.29 is 13.2 Å². The minimum Gasteiger partial charge on any atom is -0.385 e. The lowest BCUT2D eigenvalue weighted by Gasteiger charge is -2.08. The summed E-state index contributed by atoms with van der Waals surface area (Å²) >= 11 is 0. The molecule has 0 aliphatic carbocycles. The molecule has 1 aromatic carbocycles. The molecule has 1 rings (SSSR count). The number of carbonyl (C=O) groups is 1. The maximum absolute atomic E-state index is 12.0. The highest BCUT2D eigenvalue weighted by atomic mass is 32.2. The summed E-state index contributed by atoms with van der Waals surface area (Å²) < 4.78 is 26.4. The number of sulfonamides is 1. The topological polar surface area (TPSA) is 87.3 Å². The van der Waals surface area contributed by atoms with E-state index in [0.717, 1.165) is 12.2 Å². The summed E-state index contributed by atoms with van der Waals surface area (Å²) in [5, 5.41) is 5.70. The zero-order valence-corrected chi connectivity index (χ0v) is 12.6. The first kappa shape index (κ1) is 16.5. The average Bonchev–Trinajstić information content (AvgIpc) is 2.40. The molecule has 1 aromatic rings. The minimum atomic E-state index is -3.56. The summed E-state index contributed by atoms with van der Waals surface area (Å²) in [5.74, 6) is -0.169. The molecule has 0 aliphatic rings.